The average molecular weight is 216 g/mol. The molecule has 3 unspecified atom stereocenters. The fourth-order valence-corrected chi connectivity index (χ4v) is 1.63. The maximum atomic E-state index is 11.5. The fourth-order valence-electron chi connectivity index (χ4n) is 1.63. The van der Waals surface area contributed by atoms with Crippen molar-refractivity contribution >= 4 is 5.91 Å². The van der Waals surface area contributed by atoms with Gasteiger partial charge in [-0.15, -0.1) is 0 Å². The minimum Gasteiger partial charge on any atom is -0.391 e. The molecule has 1 amide bonds. The molecule has 0 spiro atoms. The molecule has 0 aromatic rings. The van der Waals surface area contributed by atoms with E-state index in [1.807, 2.05) is 6.92 Å². The van der Waals surface area contributed by atoms with E-state index < -0.39 is 6.10 Å². The Morgan fingerprint density at radius 1 is 1.67 bits per heavy atom. The van der Waals surface area contributed by atoms with Crippen molar-refractivity contribution < 1.29 is 14.6 Å². The first-order valence-corrected chi connectivity index (χ1v) is 5.43. The van der Waals surface area contributed by atoms with E-state index in [1.54, 1.807) is 6.92 Å². The van der Waals surface area contributed by atoms with Gasteiger partial charge in [-0.05, 0) is 13.8 Å². The molecule has 0 aliphatic carbocycles. The summed E-state index contributed by atoms with van der Waals surface area (Å²) in [5.74, 6) is -0.00118. The summed E-state index contributed by atoms with van der Waals surface area (Å²) in [5.41, 5.74) is 0. The van der Waals surface area contributed by atoms with Crippen LogP contribution in [-0.2, 0) is 9.53 Å². The topological polar surface area (TPSA) is 70.6 Å². The maximum absolute atomic E-state index is 11.5. The summed E-state index contributed by atoms with van der Waals surface area (Å²) in [6.45, 7) is 5.98. The van der Waals surface area contributed by atoms with Crippen LogP contribution in [0.3, 0.4) is 0 Å². The van der Waals surface area contributed by atoms with Gasteiger partial charge in [0.25, 0.3) is 0 Å². The summed E-state index contributed by atoms with van der Waals surface area (Å²) in [6, 6.07) is 0. The Bertz CT molecular complexity index is 211. The van der Waals surface area contributed by atoms with Crippen molar-refractivity contribution in [3.05, 3.63) is 0 Å². The molecule has 1 aliphatic heterocycles. The van der Waals surface area contributed by atoms with Gasteiger partial charge >= 0.3 is 0 Å². The van der Waals surface area contributed by atoms with E-state index in [1.165, 1.54) is 0 Å². The molecule has 3 N–H and O–H groups in total. The van der Waals surface area contributed by atoms with Crippen LogP contribution in [0, 0.1) is 5.92 Å². The van der Waals surface area contributed by atoms with Crippen LogP contribution in [0.1, 0.15) is 13.8 Å². The van der Waals surface area contributed by atoms with Crippen LogP contribution >= 0.6 is 0 Å². The number of rotatable bonds is 5. The van der Waals surface area contributed by atoms with Crippen LogP contribution in [-0.4, -0.2) is 49.5 Å². The van der Waals surface area contributed by atoms with Crippen molar-refractivity contribution in [2.24, 2.45) is 5.92 Å². The summed E-state index contributed by atoms with van der Waals surface area (Å²) in [6.07, 6.45) is -0.769. The molecule has 1 fully saturated rings. The lowest BCUT2D eigenvalue weighted by Crippen LogP contribution is -2.39. The summed E-state index contributed by atoms with van der Waals surface area (Å²) in [7, 11) is 0. The number of aliphatic hydroxyl groups excluding tert-OH is 1. The van der Waals surface area contributed by atoms with Gasteiger partial charge in [0.15, 0.2) is 0 Å². The molecule has 0 radical (unpaired) electrons. The second-order valence-corrected chi connectivity index (χ2v) is 3.83. The highest BCUT2D eigenvalue weighted by atomic mass is 16.5. The predicted octanol–water partition coefficient (Wildman–Crippen LogP) is -0.892. The van der Waals surface area contributed by atoms with Crippen LogP contribution < -0.4 is 10.6 Å². The van der Waals surface area contributed by atoms with E-state index in [0.717, 1.165) is 6.54 Å². The first-order chi connectivity index (χ1) is 7.15. The van der Waals surface area contributed by atoms with Gasteiger partial charge in [-0.3, -0.25) is 4.79 Å². The largest absolute Gasteiger partial charge is 0.391 e. The molecule has 0 bridgehead atoms. The van der Waals surface area contributed by atoms with Crippen LogP contribution in [0.4, 0.5) is 0 Å². The third-order valence-corrected chi connectivity index (χ3v) is 2.63. The van der Waals surface area contributed by atoms with E-state index in [2.05, 4.69) is 10.6 Å². The average Bonchev–Trinajstić information content (AvgIpc) is 2.61. The van der Waals surface area contributed by atoms with Gasteiger partial charge in [-0.1, -0.05) is 0 Å². The molecule has 1 rings (SSSR count). The number of nitrogens with one attached hydrogen (secondary N) is 2. The number of amides is 1. The zero-order valence-electron chi connectivity index (χ0n) is 9.32. The Labute approximate surface area is 90.2 Å². The number of carbonyl (C=O) groups is 1. The normalized spacial score (nSPS) is 27.7. The Balaban J connectivity index is 2.21. The van der Waals surface area contributed by atoms with E-state index >= 15 is 0 Å². The number of β-amino-alcohol motifs (C(OH)–C–C–N with tert-alkyl or cyclic N) is 1. The molecular weight excluding hydrogens is 196 g/mol. The first-order valence-electron chi connectivity index (χ1n) is 5.43. The van der Waals surface area contributed by atoms with E-state index in [4.69, 9.17) is 4.74 Å². The van der Waals surface area contributed by atoms with E-state index in [0.29, 0.717) is 19.7 Å². The molecule has 0 aromatic heterocycles. The Kier molecular flexibility index (Phi) is 5.01. The van der Waals surface area contributed by atoms with Crippen LogP contribution in [0.25, 0.3) is 0 Å². The zero-order valence-corrected chi connectivity index (χ0v) is 9.32. The molecule has 5 heteroatoms. The third kappa shape index (κ3) is 3.77. The van der Waals surface area contributed by atoms with Crippen molar-refractivity contribution in [1.82, 2.24) is 10.6 Å². The second-order valence-electron chi connectivity index (χ2n) is 3.83. The summed E-state index contributed by atoms with van der Waals surface area (Å²) in [5, 5.41) is 15.3. The minimum atomic E-state index is -0.415. The zero-order chi connectivity index (χ0) is 11.3. The van der Waals surface area contributed by atoms with Gasteiger partial charge < -0.3 is 20.5 Å². The number of ether oxygens (including phenoxy) is 1. The number of hydrogen-bond donors (Lipinski definition) is 3. The molecule has 3 atom stereocenters. The maximum Gasteiger partial charge on any atom is 0.248 e. The third-order valence-electron chi connectivity index (χ3n) is 2.63. The molecule has 5 nitrogen and oxygen atoms in total. The molecular formula is C10H20N2O3. The summed E-state index contributed by atoms with van der Waals surface area (Å²) < 4.78 is 5.16. The lowest BCUT2D eigenvalue weighted by Gasteiger charge is -2.16. The standard InChI is InChI=1S/C10H20N2O3/c1-3-15-7(2)10(14)12-5-8-4-11-6-9(8)13/h7-9,11,13H,3-6H2,1-2H3,(H,12,14). The van der Waals surface area contributed by atoms with Gasteiger partial charge in [0, 0.05) is 32.2 Å². The first kappa shape index (κ1) is 12.4. The molecule has 0 saturated carbocycles. The molecule has 1 saturated heterocycles. The van der Waals surface area contributed by atoms with Gasteiger partial charge in [0.05, 0.1) is 6.10 Å². The van der Waals surface area contributed by atoms with Gasteiger partial charge in [0.2, 0.25) is 5.91 Å². The quantitative estimate of drug-likeness (QED) is 0.557. The van der Waals surface area contributed by atoms with Crippen molar-refractivity contribution in [2.45, 2.75) is 26.1 Å². The lowest BCUT2D eigenvalue weighted by atomic mass is 10.1. The number of carbonyl (C=O) groups excluding carboxylic acids is 1. The van der Waals surface area contributed by atoms with E-state index in [9.17, 15) is 9.90 Å². The second kappa shape index (κ2) is 6.05. The highest BCUT2D eigenvalue weighted by Gasteiger charge is 2.25. The SMILES string of the molecule is CCOC(C)C(=O)NCC1CNCC1O. The van der Waals surface area contributed by atoms with Crippen molar-refractivity contribution in [3.8, 4) is 0 Å². The molecule has 0 aromatic carbocycles. The molecule has 1 heterocycles. The van der Waals surface area contributed by atoms with Crippen LogP contribution in [0.2, 0.25) is 0 Å². The predicted molar refractivity (Wildman–Crippen MR) is 56.5 cm³/mol. The molecule has 1 aliphatic rings. The number of hydrogen-bond acceptors (Lipinski definition) is 4. The summed E-state index contributed by atoms with van der Waals surface area (Å²) in [4.78, 5) is 11.5. The number of aliphatic hydroxyl groups is 1. The van der Waals surface area contributed by atoms with Crippen LogP contribution in [0.15, 0.2) is 0 Å². The van der Waals surface area contributed by atoms with Crippen molar-refractivity contribution in [2.75, 3.05) is 26.2 Å². The van der Waals surface area contributed by atoms with Crippen LogP contribution in [0.5, 0.6) is 0 Å². The molecule has 15 heavy (non-hydrogen) atoms. The van der Waals surface area contributed by atoms with Crippen molar-refractivity contribution in [3.63, 3.8) is 0 Å². The van der Waals surface area contributed by atoms with Gasteiger partial charge in [0.1, 0.15) is 6.10 Å². The Hall–Kier alpha value is -0.650. The highest BCUT2D eigenvalue weighted by Crippen LogP contribution is 2.07. The lowest BCUT2D eigenvalue weighted by molar-refractivity contribution is -0.131. The Morgan fingerprint density at radius 3 is 2.93 bits per heavy atom. The van der Waals surface area contributed by atoms with Gasteiger partial charge in [-0.2, -0.15) is 0 Å². The fraction of sp³-hybridized carbons (Fsp3) is 0.900. The molecule has 88 valence electrons. The monoisotopic (exact) mass is 216 g/mol. The minimum absolute atomic E-state index is 0.114. The van der Waals surface area contributed by atoms with Crippen molar-refractivity contribution in [1.29, 1.82) is 0 Å². The summed E-state index contributed by atoms with van der Waals surface area (Å²) >= 11 is 0. The van der Waals surface area contributed by atoms with E-state index in [-0.39, 0.29) is 17.9 Å². The highest BCUT2D eigenvalue weighted by molar-refractivity contribution is 5.80. The Morgan fingerprint density at radius 2 is 2.40 bits per heavy atom. The smallest absolute Gasteiger partial charge is 0.248 e. The van der Waals surface area contributed by atoms with Gasteiger partial charge in [-0.25, -0.2) is 0 Å².